The van der Waals surface area contributed by atoms with Crippen molar-refractivity contribution in [3.05, 3.63) is 0 Å². The topological polar surface area (TPSA) is 171 Å². The molecule has 3 amide bonds. The van der Waals surface area contributed by atoms with Crippen molar-refractivity contribution >= 4 is 23.7 Å². The molecule has 0 radical (unpaired) electrons. The van der Waals surface area contributed by atoms with Gasteiger partial charge < -0.3 is 31.9 Å². The van der Waals surface area contributed by atoms with Crippen molar-refractivity contribution in [2.75, 3.05) is 0 Å². The van der Waals surface area contributed by atoms with Crippen LogP contribution < -0.4 is 21.7 Å². The highest BCUT2D eigenvalue weighted by Crippen LogP contribution is 2.03. The number of aliphatic hydroxyl groups is 1. The number of aliphatic hydroxyl groups excluding tert-OH is 1. The summed E-state index contributed by atoms with van der Waals surface area (Å²) in [6.45, 7) is 7.48. The zero-order valence-electron chi connectivity index (χ0n) is 15.1. The van der Waals surface area contributed by atoms with E-state index < -0.39 is 54.0 Å². The smallest absolute Gasteiger partial charge is 0.328 e. The largest absolute Gasteiger partial charge is 0.480 e. The van der Waals surface area contributed by atoms with Crippen LogP contribution in [0.2, 0.25) is 0 Å². The molecule has 0 aliphatic carbocycles. The Kier molecular flexibility index (Phi) is 9.07. The van der Waals surface area contributed by atoms with E-state index >= 15 is 0 Å². The van der Waals surface area contributed by atoms with Crippen molar-refractivity contribution < 1.29 is 29.4 Å². The molecule has 5 unspecified atom stereocenters. The Hall–Kier alpha value is -2.20. The van der Waals surface area contributed by atoms with Crippen LogP contribution in [0.4, 0.5) is 0 Å². The quantitative estimate of drug-likeness (QED) is 0.274. The third-order valence-electron chi connectivity index (χ3n) is 3.46. The van der Waals surface area contributed by atoms with Gasteiger partial charge in [-0.15, -0.1) is 0 Å². The van der Waals surface area contributed by atoms with Gasteiger partial charge in [-0.3, -0.25) is 14.4 Å². The van der Waals surface area contributed by atoms with Gasteiger partial charge in [-0.1, -0.05) is 13.8 Å². The van der Waals surface area contributed by atoms with E-state index in [0.717, 1.165) is 0 Å². The molecule has 0 spiro atoms. The number of rotatable bonds is 9. The molecule has 0 saturated heterocycles. The van der Waals surface area contributed by atoms with Crippen molar-refractivity contribution in [1.29, 1.82) is 0 Å². The maximum Gasteiger partial charge on any atom is 0.328 e. The van der Waals surface area contributed by atoms with Crippen LogP contribution in [0.3, 0.4) is 0 Å². The fourth-order valence-corrected chi connectivity index (χ4v) is 1.86. The maximum atomic E-state index is 12.3. The highest BCUT2D eigenvalue weighted by atomic mass is 16.4. The van der Waals surface area contributed by atoms with E-state index in [1.165, 1.54) is 20.8 Å². The summed E-state index contributed by atoms with van der Waals surface area (Å²) in [4.78, 5) is 47.0. The van der Waals surface area contributed by atoms with Crippen LogP contribution in [0.1, 0.15) is 34.6 Å². The average Bonchev–Trinajstić information content (AvgIpc) is 2.47. The van der Waals surface area contributed by atoms with Gasteiger partial charge >= 0.3 is 5.97 Å². The highest BCUT2D eigenvalue weighted by Gasteiger charge is 2.30. The number of carbonyl (C=O) groups is 4. The van der Waals surface area contributed by atoms with Gasteiger partial charge in [-0.25, -0.2) is 4.79 Å². The molecule has 0 fully saturated rings. The van der Waals surface area contributed by atoms with Gasteiger partial charge in [0.1, 0.15) is 12.1 Å². The second-order valence-corrected chi connectivity index (χ2v) is 6.31. The Morgan fingerprint density at radius 3 is 1.64 bits per heavy atom. The molecule has 5 atom stereocenters. The molecule has 10 heteroatoms. The van der Waals surface area contributed by atoms with Crippen molar-refractivity contribution in [2.45, 2.75) is 64.9 Å². The Bertz CT molecular complexity index is 506. The van der Waals surface area contributed by atoms with E-state index in [-0.39, 0.29) is 5.92 Å². The van der Waals surface area contributed by atoms with Gasteiger partial charge in [-0.05, 0) is 26.7 Å². The van der Waals surface area contributed by atoms with Crippen LogP contribution >= 0.6 is 0 Å². The van der Waals surface area contributed by atoms with E-state index in [2.05, 4.69) is 16.0 Å². The fraction of sp³-hybridized carbons (Fsp3) is 0.733. The lowest BCUT2D eigenvalue weighted by Gasteiger charge is -2.25. The van der Waals surface area contributed by atoms with E-state index in [4.69, 9.17) is 10.8 Å². The molecule has 0 heterocycles. The number of carboxylic acid groups (broad SMARTS) is 1. The summed E-state index contributed by atoms with van der Waals surface area (Å²) in [7, 11) is 0. The zero-order chi connectivity index (χ0) is 19.9. The molecule has 0 aromatic heterocycles. The van der Waals surface area contributed by atoms with Crippen LogP contribution in [-0.4, -0.2) is 64.2 Å². The Morgan fingerprint density at radius 2 is 1.28 bits per heavy atom. The van der Waals surface area contributed by atoms with Crippen LogP contribution in [0, 0.1) is 5.92 Å². The number of carbonyl (C=O) groups excluding carboxylic acids is 3. The van der Waals surface area contributed by atoms with Crippen LogP contribution in [-0.2, 0) is 19.2 Å². The minimum absolute atomic E-state index is 0.262. The van der Waals surface area contributed by atoms with Gasteiger partial charge in [0.15, 0.2) is 6.04 Å². The first-order valence-electron chi connectivity index (χ1n) is 7.96. The van der Waals surface area contributed by atoms with Crippen LogP contribution in [0.5, 0.6) is 0 Å². The number of hydrogen-bond acceptors (Lipinski definition) is 6. The minimum Gasteiger partial charge on any atom is -0.480 e. The van der Waals surface area contributed by atoms with Gasteiger partial charge in [0.05, 0.1) is 12.1 Å². The molecule has 7 N–H and O–H groups in total. The van der Waals surface area contributed by atoms with Gasteiger partial charge in [0, 0.05) is 0 Å². The van der Waals surface area contributed by atoms with Gasteiger partial charge in [-0.2, -0.15) is 0 Å². The number of nitrogens with one attached hydrogen (secondary N) is 3. The van der Waals surface area contributed by atoms with Crippen molar-refractivity contribution in [3.63, 3.8) is 0 Å². The molecule has 0 aliphatic rings. The molecule has 0 aliphatic heterocycles. The summed E-state index contributed by atoms with van der Waals surface area (Å²) < 4.78 is 0. The Morgan fingerprint density at radius 1 is 0.800 bits per heavy atom. The summed E-state index contributed by atoms with van der Waals surface area (Å²) in [6.07, 6.45) is -1.31. The molecule has 10 nitrogen and oxygen atoms in total. The second-order valence-electron chi connectivity index (χ2n) is 6.31. The highest BCUT2D eigenvalue weighted by molar-refractivity contribution is 5.94. The summed E-state index contributed by atoms with van der Waals surface area (Å²) >= 11 is 0. The maximum absolute atomic E-state index is 12.3. The van der Waals surface area contributed by atoms with Crippen molar-refractivity contribution in [1.82, 2.24) is 16.0 Å². The molecule has 0 bridgehead atoms. The van der Waals surface area contributed by atoms with Gasteiger partial charge in [0.25, 0.3) is 0 Å². The number of amides is 3. The normalized spacial score (nSPS) is 17.0. The fourth-order valence-electron chi connectivity index (χ4n) is 1.86. The second kappa shape index (κ2) is 9.94. The number of aliphatic carboxylic acids is 1. The van der Waals surface area contributed by atoms with Crippen molar-refractivity contribution in [3.8, 4) is 0 Å². The number of hydrogen-bond donors (Lipinski definition) is 6. The molecular weight excluding hydrogens is 332 g/mol. The molecule has 0 aromatic rings. The van der Waals surface area contributed by atoms with E-state index in [0.29, 0.717) is 0 Å². The third kappa shape index (κ3) is 7.48. The number of carboxylic acids is 1. The minimum atomic E-state index is -1.49. The predicted molar refractivity (Wildman–Crippen MR) is 89.3 cm³/mol. The molecule has 144 valence electrons. The lowest BCUT2D eigenvalue weighted by Crippen LogP contribution is -2.58. The zero-order valence-corrected chi connectivity index (χ0v) is 15.1. The van der Waals surface area contributed by atoms with E-state index in [1.807, 2.05) is 0 Å². The average molecular weight is 360 g/mol. The lowest BCUT2D eigenvalue weighted by atomic mass is 10.0. The summed E-state index contributed by atoms with van der Waals surface area (Å²) in [5.74, 6) is -3.54. The SMILES string of the molecule is CC(N)C(=O)NC(C(=O)NC(C)C(=O)NC(C(=O)O)C(C)O)C(C)C. The summed E-state index contributed by atoms with van der Waals surface area (Å²) in [5, 5.41) is 25.4. The lowest BCUT2D eigenvalue weighted by molar-refractivity contribution is -0.145. The number of nitrogens with two attached hydrogens (primary N) is 1. The van der Waals surface area contributed by atoms with Crippen molar-refractivity contribution in [2.24, 2.45) is 11.7 Å². The van der Waals surface area contributed by atoms with Crippen LogP contribution in [0.25, 0.3) is 0 Å². The molecule has 0 saturated carbocycles. The molecule has 25 heavy (non-hydrogen) atoms. The van der Waals surface area contributed by atoms with E-state index in [9.17, 15) is 24.3 Å². The van der Waals surface area contributed by atoms with Crippen LogP contribution in [0.15, 0.2) is 0 Å². The van der Waals surface area contributed by atoms with Gasteiger partial charge in [0.2, 0.25) is 17.7 Å². The first-order valence-corrected chi connectivity index (χ1v) is 7.96. The standard InChI is InChI=1S/C15H28N4O6/c1-6(2)10(18-12(21)7(3)16)14(23)17-8(4)13(22)19-11(9(5)20)15(24)25/h6-11,20H,16H2,1-5H3,(H,17,23)(H,18,21)(H,19,22)(H,24,25). The molecule has 0 rings (SSSR count). The third-order valence-corrected chi connectivity index (χ3v) is 3.46. The first kappa shape index (κ1) is 22.8. The molecular formula is C15H28N4O6. The first-order chi connectivity index (χ1) is 11.4. The Labute approximate surface area is 146 Å². The molecule has 0 aromatic carbocycles. The summed E-state index contributed by atoms with van der Waals surface area (Å²) in [5.41, 5.74) is 5.46. The summed E-state index contributed by atoms with van der Waals surface area (Å²) in [6, 6.07) is -4.26. The monoisotopic (exact) mass is 360 g/mol. The van der Waals surface area contributed by atoms with E-state index in [1.54, 1.807) is 13.8 Å². The predicted octanol–water partition coefficient (Wildman–Crippen LogP) is -2.07. The Balaban J connectivity index is 4.91.